The smallest absolute Gasteiger partial charge is 0.262 e. The van der Waals surface area contributed by atoms with Gasteiger partial charge in [0, 0.05) is 29.2 Å². The number of ketones is 1. The molecule has 1 aliphatic heterocycles. The molecule has 0 spiro atoms. The molecule has 2 aliphatic rings. The van der Waals surface area contributed by atoms with E-state index in [-0.39, 0.29) is 17.7 Å². The standard InChI is InChI=1S/C30H31N5O3S/c1-16-14-19(38-18-7-3-2-4-8-18)9-10-20(16)30(33)21-11-12-22(31)26-23(21)24(25(32)28(30)36)27(39-26)29(37)35-17-6-5-13-34-15-17/h2-4,7-12,14,17,25,34H,5-6,13,15,31-33H2,1H3,(H,35,37). The normalized spacial score (nSPS) is 22.6. The molecule has 4 aromatic rings. The van der Waals surface area contributed by atoms with Crippen LogP contribution in [0.2, 0.25) is 0 Å². The number of benzene rings is 3. The third-order valence-corrected chi connectivity index (χ3v) is 9.01. The van der Waals surface area contributed by atoms with Crippen molar-refractivity contribution in [3.63, 3.8) is 0 Å². The molecular formula is C30H31N5O3S. The Morgan fingerprint density at radius 1 is 1.10 bits per heavy atom. The van der Waals surface area contributed by atoms with Crippen molar-refractivity contribution < 1.29 is 14.3 Å². The summed E-state index contributed by atoms with van der Waals surface area (Å²) in [5.74, 6) is 0.735. The largest absolute Gasteiger partial charge is 0.457 e. The molecule has 6 rings (SSSR count). The molecular weight excluding hydrogens is 510 g/mol. The minimum Gasteiger partial charge on any atom is -0.457 e. The van der Waals surface area contributed by atoms with Crippen LogP contribution >= 0.6 is 11.3 Å². The van der Waals surface area contributed by atoms with E-state index in [1.165, 1.54) is 11.3 Å². The maximum atomic E-state index is 14.1. The molecule has 2 heterocycles. The van der Waals surface area contributed by atoms with Crippen LogP contribution in [-0.4, -0.2) is 30.8 Å². The first-order valence-electron chi connectivity index (χ1n) is 13.1. The Bertz CT molecular complexity index is 1600. The van der Waals surface area contributed by atoms with Crippen molar-refractivity contribution in [3.8, 4) is 11.5 Å². The van der Waals surface area contributed by atoms with Crippen molar-refractivity contribution in [2.24, 2.45) is 11.5 Å². The summed E-state index contributed by atoms with van der Waals surface area (Å²) >= 11 is 1.27. The fraction of sp³-hybridized carbons (Fsp3) is 0.267. The first-order valence-corrected chi connectivity index (χ1v) is 13.9. The Kier molecular flexibility index (Phi) is 6.39. The number of piperidine rings is 1. The molecule has 3 aromatic carbocycles. The van der Waals surface area contributed by atoms with Crippen molar-refractivity contribution in [1.29, 1.82) is 0 Å². The summed E-state index contributed by atoms with van der Waals surface area (Å²) in [6, 6.07) is 17.4. The molecule has 3 unspecified atom stereocenters. The Hall–Kier alpha value is -3.76. The molecule has 9 heteroatoms. The van der Waals surface area contributed by atoms with Crippen LogP contribution in [0.4, 0.5) is 5.69 Å². The van der Waals surface area contributed by atoms with E-state index in [0.717, 1.165) is 24.9 Å². The molecule has 0 saturated carbocycles. The second kappa shape index (κ2) is 9.77. The van der Waals surface area contributed by atoms with Gasteiger partial charge in [-0.2, -0.15) is 0 Å². The van der Waals surface area contributed by atoms with Crippen molar-refractivity contribution in [3.05, 3.63) is 87.8 Å². The molecule has 1 aromatic heterocycles. The van der Waals surface area contributed by atoms with Crippen LogP contribution < -0.4 is 32.6 Å². The number of thiophene rings is 1. The van der Waals surface area contributed by atoms with E-state index in [2.05, 4.69) is 10.6 Å². The quantitative estimate of drug-likeness (QED) is 0.241. The van der Waals surface area contributed by atoms with Gasteiger partial charge in [-0.3, -0.25) is 9.59 Å². The molecule has 3 atom stereocenters. The molecule has 200 valence electrons. The monoisotopic (exact) mass is 541 g/mol. The molecule has 1 saturated heterocycles. The number of ether oxygens (including phenoxy) is 1. The van der Waals surface area contributed by atoms with Crippen LogP contribution in [0.25, 0.3) is 10.1 Å². The van der Waals surface area contributed by atoms with Crippen LogP contribution in [0, 0.1) is 6.92 Å². The van der Waals surface area contributed by atoms with Gasteiger partial charge in [0.1, 0.15) is 17.0 Å². The molecule has 0 radical (unpaired) electrons. The number of hydrogen-bond acceptors (Lipinski definition) is 8. The average Bonchev–Trinajstić information content (AvgIpc) is 3.35. The van der Waals surface area contributed by atoms with Gasteiger partial charge in [-0.1, -0.05) is 30.3 Å². The van der Waals surface area contributed by atoms with Crippen molar-refractivity contribution >= 4 is 38.8 Å². The third-order valence-electron chi connectivity index (χ3n) is 7.75. The highest BCUT2D eigenvalue weighted by atomic mass is 32.1. The van der Waals surface area contributed by atoms with E-state index >= 15 is 0 Å². The van der Waals surface area contributed by atoms with Crippen molar-refractivity contribution in [1.82, 2.24) is 10.6 Å². The molecule has 0 bridgehead atoms. The van der Waals surface area contributed by atoms with E-state index in [0.29, 0.717) is 55.4 Å². The van der Waals surface area contributed by atoms with Gasteiger partial charge in [0.2, 0.25) is 0 Å². The summed E-state index contributed by atoms with van der Waals surface area (Å²) in [5, 5.41) is 7.12. The number of aryl methyl sites for hydroxylation is 1. The Morgan fingerprint density at radius 2 is 1.87 bits per heavy atom. The SMILES string of the molecule is Cc1cc(Oc2ccccc2)ccc1C1(N)C(=O)C(N)c2c(C(=O)NC3CCCNC3)sc3c(N)ccc1c23. The summed E-state index contributed by atoms with van der Waals surface area (Å²) in [6.07, 6.45) is 1.88. The third kappa shape index (κ3) is 4.18. The summed E-state index contributed by atoms with van der Waals surface area (Å²) < 4.78 is 6.71. The number of hydrogen-bond donors (Lipinski definition) is 5. The molecule has 8 N–H and O–H groups in total. The molecule has 1 amide bonds. The average molecular weight is 542 g/mol. The number of nitrogen functional groups attached to an aromatic ring is 1. The number of carbonyl (C=O) groups is 2. The van der Waals surface area contributed by atoms with Crippen LogP contribution in [0.5, 0.6) is 11.5 Å². The first-order chi connectivity index (χ1) is 18.8. The first kappa shape index (κ1) is 25.5. The molecule has 1 fully saturated rings. The number of nitrogens with two attached hydrogens (primary N) is 3. The second-order valence-electron chi connectivity index (χ2n) is 10.3. The summed E-state index contributed by atoms with van der Waals surface area (Å²) in [4.78, 5) is 27.9. The summed E-state index contributed by atoms with van der Waals surface area (Å²) in [7, 11) is 0. The molecule has 39 heavy (non-hydrogen) atoms. The number of amides is 1. The van der Waals surface area contributed by atoms with Crippen LogP contribution in [0.1, 0.15) is 50.8 Å². The minimum absolute atomic E-state index is 0.0175. The van der Waals surface area contributed by atoms with Gasteiger partial charge in [0.25, 0.3) is 5.91 Å². The number of rotatable bonds is 5. The maximum Gasteiger partial charge on any atom is 0.262 e. The van der Waals surface area contributed by atoms with E-state index < -0.39 is 11.6 Å². The zero-order chi connectivity index (χ0) is 27.3. The number of nitrogens with one attached hydrogen (secondary N) is 2. The fourth-order valence-electron chi connectivity index (χ4n) is 5.82. The lowest BCUT2D eigenvalue weighted by atomic mass is 9.69. The highest BCUT2D eigenvalue weighted by Crippen LogP contribution is 2.50. The lowest BCUT2D eigenvalue weighted by molar-refractivity contribution is -0.124. The molecule has 8 nitrogen and oxygen atoms in total. The Labute approximate surface area is 230 Å². The van der Waals surface area contributed by atoms with Crippen LogP contribution in [0.15, 0.2) is 60.7 Å². The van der Waals surface area contributed by atoms with Crippen LogP contribution in [0.3, 0.4) is 0 Å². The van der Waals surface area contributed by atoms with E-state index in [4.69, 9.17) is 21.9 Å². The lowest BCUT2D eigenvalue weighted by Gasteiger charge is -2.37. The Morgan fingerprint density at radius 3 is 2.59 bits per heavy atom. The van der Waals surface area contributed by atoms with Gasteiger partial charge in [-0.15, -0.1) is 11.3 Å². The fourth-order valence-corrected chi connectivity index (χ4v) is 7.02. The van der Waals surface area contributed by atoms with Gasteiger partial charge in [0.15, 0.2) is 5.78 Å². The van der Waals surface area contributed by atoms with Gasteiger partial charge in [-0.25, -0.2) is 0 Å². The molecule has 1 aliphatic carbocycles. The number of para-hydroxylation sites is 1. The second-order valence-corrected chi connectivity index (χ2v) is 11.3. The van der Waals surface area contributed by atoms with Crippen molar-refractivity contribution in [2.75, 3.05) is 18.8 Å². The predicted octanol–water partition coefficient (Wildman–Crippen LogP) is 3.85. The van der Waals surface area contributed by atoms with E-state index in [1.807, 2.05) is 49.4 Å². The summed E-state index contributed by atoms with van der Waals surface area (Å²) in [5.41, 5.74) is 21.6. The van der Waals surface area contributed by atoms with Gasteiger partial charge < -0.3 is 32.6 Å². The van der Waals surface area contributed by atoms with Gasteiger partial charge in [-0.05, 0) is 73.3 Å². The zero-order valence-corrected chi connectivity index (χ0v) is 22.4. The van der Waals surface area contributed by atoms with E-state index in [9.17, 15) is 9.59 Å². The van der Waals surface area contributed by atoms with Crippen LogP contribution in [-0.2, 0) is 10.3 Å². The number of carbonyl (C=O) groups excluding carboxylic acids is 2. The lowest BCUT2D eigenvalue weighted by Crippen LogP contribution is -2.53. The zero-order valence-electron chi connectivity index (χ0n) is 21.6. The topological polar surface area (TPSA) is 145 Å². The van der Waals surface area contributed by atoms with Gasteiger partial charge in [0.05, 0.1) is 15.6 Å². The number of anilines is 1. The maximum absolute atomic E-state index is 14.1. The van der Waals surface area contributed by atoms with Crippen molar-refractivity contribution in [2.45, 2.75) is 37.4 Å². The van der Waals surface area contributed by atoms with Gasteiger partial charge >= 0.3 is 0 Å². The predicted molar refractivity (Wildman–Crippen MR) is 154 cm³/mol. The van der Waals surface area contributed by atoms with E-state index in [1.54, 1.807) is 18.2 Å². The highest BCUT2D eigenvalue weighted by molar-refractivity contribution is 7.21. The Balaban J connectivity index is 1.44. The summed E-state index contributed by atoms with van der Waals surface area (Å²) in [6.45, 7) is 3.55. The highest BCUT2D eigenvalue weighted by Gasteiger charge is 2.49. The minimum atomic E-state index is -1.52. The number of Topliss-reactive ketones (excluding diaryl/α,β-unsaturated/α-hetero) is 1.